The first-order chi connectivity index (χ1) is 23.0. The topological polar surface area (TPSA) is 202 Å². The molecule has 4 atom stereocenters. The van der Waals surface area contributed by atoms with E-state index in [1.54, 1.807) is 12.1 Å². The van der Waals surface area contributed by atoms with Crippen LogP contribution in [0.25, 0.3) is 22.1 Å². The number of pyridine rings is 2. The highest BCUT2D eigenvalue weighted by Gasteiger charge is 2.63. The number of amides is 3. The smallest absolute Gasteiger partial charge is 0.412 e. The number of primary amides is 1. The van der Waals surface area contributed by atoms with Crippen LogP contribution in [0.5, 0.6) is 0 Å². The maximum atomic E-state index is 13.6. The van der Waals surface area contributed by atoms with E-state index in [0.29, 0.717) is 22.8 Å². The molecule has 0 spiro atoms. The molecule has 3 amide bonds. The Morgan fingerprint density at radius 2 is 1.93 bits per heavy atom. The van der Waals surface area contributed by atoms with Crippen molar-refractivity contribution in [1.29, 1.82) is 0 Å². The highest BCUT2D eigenvalue weighted by molar-refractivity contribution is 5.98. The standard InChI is InChI=1S/C29H36N10O6/c1-14(2)18-12-29(18,25(30)40)39-24-17(23(36-39)35-27(42)45-5)8-9-21(34-24)33-22-11-19-20(13-31-22)37(3)28(43)38(19)16-7-6-15(10-16)32-26(41)44-4/h8-9,11,13-16,18H,6-7,10,12H2,1-5H3,(H2,30,40)(H,32,41)(H,31,33,34)(H,35,36,42)/i3D3,15D. The van der Waals surface area contributed by atoms with Crippen molar-refractivity contribution in [3.8, 4) is 0 Å². The molecular formula is C29H36N10O6. The Balaban J connectivity index is 1.42. The van der Waals surface area contributed by atoms with Gasteiger partial charge in [-0.2, -0.15) is 5.10 Å². The van der Waals surface area contributed by atoms with Gasteiger partial charge in [0.05, 0.1) is 38.2 Å². The van der Waals surface area contributed by atoms with Crippen molar-refractivity contribution in [1.82, 2.24) is 34.2 Å². The fourth-order valence-corrected chi connectivity index (χ4v) is 6.31. The van der Waals surface area contributed by atoms with Gasteiger partial charge in [0.2, 0.25) is 5.91 Å². The third kappa shape index (κ3) is 4.99. The Kier molecular flexibility index (Phi) is 6.21. The molecule has 238 valence electrons. The van der Waals surface area contributed by atoms with Gasteiger partial charge in [-0.15, -0.1) is 0 Å². The molecule has 4 heterocycles. The zero-order chi connectivity index (χ0) is 35.6. The number of alkyl carbamates (subject to hydrolysis) is 1. The number of rotatable bonds is 8. The first kappa shape index (κ1) is 25.2. The number of nitrogens with zero attached hydrogens (tertiary/aromatic N) is 6. The number of aromatic nitrogens is 6. The second-order valence-corrected chi connectivity index (χ2v) is 11.6. The van der Waals surface area contributed by atoms with E-state index in [0.717, 1.165) is 0 Å². The van der Waals surface area contributed by atoms with Crippen LogP contribution >= 0.6 is 0 Å². The fourth-order valence-electron chi connectivity index (χ4n) is 6.31. The molecule has 6 rings (SSSR count). The SMILES string of the molecule is [2H]C1(NC(=O)OC)CCC(n2c(=O)n(C([2H])([2H])[2H])c3cnc(Nc4ccc5c(NC(=O)OC)nn(C6(C(N)=O)CC6C(C)C)c5n4)cc32)C1. The summed E-state index contributed by atoms with van der Waals surface area (Å²) in [6.07, 6.45) is 0.670. The predicted octanol–water partition coefficient (Wildman–Crippen LogP) is 2.71. The summed E-state index contributed by atoms with van der Waals surface area (Å²) >= 11 is 0. The van der Waals surface area contributed by atoms with E-state index in [1.807, 2.05) is 13.8 Å². The summed E-state index contributed by atoms with van der Waals surface area (Å²) in [5.74, 6) is -0.0416. The van der Waals surface area contributed by atoms with Gasteiger partial charge < -0.3 is 25.8 Å². The molecule has 4 aromatic rings. The molecule has 0 aromatic carbocycles. The van der Waals surface area contributed by atoms with Crippen LogP contribution in [0.15, 0.2) is 29.2 Å². The second-order valence-electron chi connectivity index (χ2n) is 11.6. The monoisotopic (exact) mass is 624 g/mol. The molecule has 2 fully saturated rings. The molecule has 16 nitrogen and oxygen atoms in total. The number of carbonyl (C=O) groups excluding carboxylic acids is 3. The lowest BCUT2D eigenvalue weighted by Gasteiger charge is -2.17. The van der Waals surface area contributed by atoms with Gasteiger partial charge in [-0.1, -0.05) is 13.8 Å². The third-order valence-electron chi connectivity index (χ3n) is 8.64. The number of nitrogens with two attached hydrogens (primary N) is 1. The molecule has 0 aliphatic heterocycles. The van der Waals surface area contributed by atoms with Gasteiger partial charge in [-0.25, -0.2) is 29.0 Å². The van der Waals surface area contributed by atoms with Gasteiger partial charge >= 0.3 is 17.9 Å². The number of fused-ring (bicyclic) bond motifs is 2. The largest absolute Gasteiger partial charge is 0.453 e. The van der Waals surface area contributed by atoms with Crippen molar-refractivity contribution in [3.63, 3.8) is 0 Å². The number of methoxy groups -OCH3 is 2. The molecule has 0 saturated heterocycles. The number of hydrogen-bond acceptors (Lipinski definition) is 10. The van der Waals surface area contributed by atoms with Gasteiger partial charge in [0, 0.05) is 29.2 Å². The minimum absolute atomic E-state index is 0.0242. The van der Waals surface area contributed by atoms with Crippen LogP contribution in [-0.4, -0.2) is 67.2 Å². The molecule has 2 aliphatic carbocycles. The van der Waals surface area contributed by atoms with E-state index in [4.69, 9.17) is 20.9 Å². The van der Waals surface area contributed by atoms with Crippen LogP contribution in [-0.2, 0) is 26.8 Å². The Morgan fingerprint density at radius 1 is 1.16 bits per heavy atom. The van der Waals surface area contributed by atoms with Gasteiger partial charge in [0.15, 0.2) is 11.5 Å². The van der Waals surface area contributed by atoms with Crippen molar-refractivity contribution in [2.75, 3.05) is 24.9 Å². The average molecular weight is 625 g/mol. The summed E-state index contributed by atoms with van der Waals surface area (Å²) in [7, 11) is 2.39. The van der Waals surface area contributed by atoms with Crippen LogP contribution in [0.1, 0.15) is 51.1 Å². The summed E-state index contributed by atoms with van der Waals surface area (Å²) < 4.78 is 45.6. The lowest BCUT2D eigenvalue weighted by atomic mass is 10.0. The maximum absolute atomic E-state index is 13.6. The molecular weight excluding hydrogens is 584 g/mol. The maximum Gasteiger partial charge on any atom is 0.412 e. The van der Waals surface area contributed by atoms with Gasteiger partial charge in [-0.3, -0.25) is 19.2 Å². The Hall–Kier alpha value is -5.15. The number of nitrogens with one attached hydrogen (secondary N) is 3. The molecule has 0 bridgehead atoms. The van der Waals surface area contributed by atoms with E-state index in [9.17, 15) is 19.2 Å². The number of anilines is 3. The first-order valence-corrected chi connectivity index (χ1v) is 14.3. The highest BCUT2D eigenvalue weighted by atomic mass is 16.5. The van der Waals surface area contributed by atoms with Crippen LogP contribution in [0.2, 0.25) is 0 Å². The lowest BCUT2D eigenvalue weighted by molar-refractivity contribution is -0.123. The van der Waals surface area contributed by atoms with Crippen LogP contribution in [0.4, 0.5) is 27.0 Å². The van der Waals surface area contributed by atoms with Crippen molar-refractivity contribution >= 4 is 57.6 Å². The molecule has 2 saturated carbocycles. The first-order valence-electron chi connectivity index (χ1n) is 16.3. The summed E-state index contributed by atoms with van der Waals surface area (Å²) in [6.45, 7) is 1.12. The normalized spacial score (nSPS) is 25.7. The number of carbonyl (C=O) groups is 3. The fraction of sp³-hybridized carbons (Fsp3) is 0.483. The Bertz CT molecular complexity index is 2060. The van der Waals surface area contributed by atoms with E-state index in [2.05, 4.69) is 30.8 Å². The van der Waals surface area contributed by atoms with Crippen LogP contribution in [0.3, 0.4) is 0 Å². The second kappa shape index (κ2) is 11.1. The van der Waals surface area contributed by atoms with Gasteiger partial charge in [-0.05, 0) is 49.7 Å². The van der Waals surface area contributed by atoms with Crippen LogP contribution < -0.4 is 27.4 Å². The average Bonchev–Trinajstić information content (AvgIpc) is 3.41. The predicted molar refractivity (Wildman–Crippen MR) is 164 cm³/mol. The van der Waals surface area contributed by atoms with E-state index in [-0.39, 0.29) is 58.8 Å². The van der Waals surface area contributed by atoms with Crippen molar-refractivity contribution in [2.24, 2.45) is 24.5 Å². The molecule has 5 N–H and O–H groups in total. The molecule has 2 aliphatic rings. The van der Waals surface area contributed by atoms with E-state index in [1.165, 1.54) is 35.7 Å². The van der Waals surface area contributed by atoms with Crippen molar-refractivity contribution in [2.45, 2.75) is 57.1 Å². The molecule has 45 heavy (non-hydrogen) atoms. The minimum Gasteiger partial charge on any atom is -0.453 e. The van der Waals surface area contributed by atoms with Crippen molar-refractivity contribution < 1.29 is 29.3 Å². The zero-order valence-electron chi connectivity index (χ0n) is 29.1. The molecule has 4 aromatic heterocycles. The number of aryl methyl sites for hydroxylation is 1. The summed E-state index contributed by atoms with van der Waals surface area (Å²) in [5, 5.41) is 13.1. The number of hydrogen-bond donors (Lipinski definition) is 4. The number of ether oxygens (including phenoxy) is 2. The molecule has 16 heteroatoms. The lowest BCUT2D eigenvalue weighted by Crippen LogP contribution is -2.38. The summed E-state index contributed by atoms with van der Waals surface area (Å²) in [6, 6.07) is 2.69. The van der Waals surface area contributed by atoms with Crippen molar-refractivity contribution in [3.05, 3.63) is 34.9 Å². The Morgan fingerprint density at radius 3 is 2.60 bits per heavy atom. The molecule has 0 radical (unpaired) electrons. The summed E-state index contributed by atoms with van der Waals surface area (Å²) in [5.41, 5.74) is 4.49. The minimum atomic E-state index is -2.83. The van der Waals surface area contributed by atoms with E-state index >= 15 is 0 Å². The zero-order valence-corrected chi connectivity index (χ0v) is 25.1. The third-order valence-corrected chi connectivity index (χ3v) is 8.64. The summed E-state index contributed by atoms with van der Waals surface area (Å²) in [4.78, 5) is 59.6. The quantitative estimate of drug-likeness (QED) is 0.226. The van der Waals surface area contributed by atoms with E-state index < -0.39 is 48.4 Å². The molecule has 4 unspecified atom stereocenters. The van der Waals surface area contributed by atoms with Gasteiger partial charge in [0.1, 0.15) is 17.2 Å². The highest BCUT2D eigenvalue weighted by Crippen LogP contribution is 2.55. The Labute approximate surface area is 262 Å². The number of imidazole rings is 1. The van der Waals surface area contributed by atoms with Gasteiger partial charge in [0.25, 0.3) is 0 Å². The van der Waals surface area contributed by atoms with Crippen LogP contribution in [0, 0.1) is 11.8 Å².